The Labute approximate surface area is 266 Å². The Morgan fingerprint density at radius 2 is 1.55 bits per heavy atom. The molecular weight excluding hydrogens is 661 g/mol. The number of piperazine rings is 1. The van der Waals surface area contributed by atoms with Crippen molar-refractivity contribution in [3.63, 3.8) is 0 Å². The van der Waals surface area contributed by atoms with E-state index in [0.29, 0.717) is 6.42 Å². The second kappa shape index (κ2) is 15.4. The van der Waals surface area contributed by atoms with Crippen LogP contribution in [0.3, 0.4) is 0 Å². The fraction of sp³-hybridized carbons (Fsp3) is 0.629. The second-order valence-electron chi connectivity index (χ2n) is 13.0. The summed E-state index contributed by atoms with van der Waals surface area (Å²) in [5.41, 5.74) is 4.76. The molecule has 1 saturated heterocycles. The van der Waals surface area contributed by atoms with Gasteiger partial charge in [0.1, 0.15) is 0 Å². The Bertz CT molecular complexity index is 1430. The van der Waals surface area contributed by atoms with E-state index in [1.165, 1.54) is 64.0 Å². The molecule has 2 aliphatic rings. The summed E-state index contributed by atoms with van der Waals surface area (Å²) >= 11 is -2.99. The van der Waals surface area contributed by atoms with E-state index in [-0.39, 0.29) is 0 Å². The van der Waals surface area contributed by atoms with Gasteiger partial charge >= 0.3 is 253 Å². The van der Waals surface area contributed by atoms with E-state index in [1.807, 2.05) is 0 Å². The van der Waals surface area contributed by atoms with Crippen molar-refractivity contribution >= 4 is 39.1 Å². The molecule has 238 valence electrons. The molecule has 4 heterocycles. The topological polar surface area (TPSA) is 61.0 Å². The first-order valence-corrected chi connectivity index (χ1v) is 24.7. The zero-order chi connectivity index (χ0) is 31.1. The standard InChI is InChI=1S/C23H23F2N6.3C4H9.Sn/c24-18-5-4-16(13-19(18)25)6-8-29-9-11-30(12-10-29)23-22-21(27-15-28-23)17(14-26)20-3-1-2-7-31(20)22;3*1-3-4-2;/h4-5,13H,1-3,6-12H2;3*1,3-4H2,2H3;. The van der Waals surface area contributed by atoms with Gasteiger partial charge in [-0.3, -0.25) is 0 Å². The van der Waals surface area contributed by atoms with Crippen LogP contribution < -0.4 is 8.74 Å². The van der Waals surface area contributed by atoms with Crippen molar-refractivity contribution in [1.82, 2.24) is 19.4 Å². The summed E-state index contributed by atoms with van der Waals surface area (Å²) in [6.45, 7) is 12.1. The Kier molecular flexibility index (Phi) is 11.6. The molecule has 0 atom stereocenters. The van der Waals surface area contributed by atoms with Crippen LogP contribution in [0.5, 0.6) is 0 Å². The average Bonchev–Trinajstić information content (AvgIpc) is 3.38. The number of fused-ring (bicyclic) bond motifs is 3. The van der Waals surface area contributed by atoms with Crippen molar-refractivity contribution in [3.05, 3.63) is 46.7 Å². The van der Waals surface area contributed by atoms with Crippen LogP contribution in [0.1, 0.15) is 89.0 Å². The number of nitriles is 1. The van der Waals surface area contributed by atoms with E-state index in [9.17, 15) is 14.0 Å². The predicted molar refractivity (Wildman–Crippen MR) is 178 cm³/mol. The van der Waals surface area contributed by atoms with Crippen LogP contribution in [0, 0.1) is 23.0 Å². The Balaban J connectivity index is 1.51. The molecule has 2 aliphatic heterocycles. The summed E-state index contributed by atoms with van der Waals surface area (Å²) in [4.78, 5) is 16.0. The first-order chi connectivity index (χ1) is 21.4. The molecule has 1 fully saturated rings. The maximum absolute atomic E-state index is 13.8. The zero-order valence-corrected chi connectivity index (χ0v) is 30.0. The molecule has 44 heavy (non-hydrogen) atoms. The van der Waals surface area contributed by atoms with Gasteiger partial charge in [0.05, 0.1) is 0 Å². The van der Waals surface area contributed by atoms with Gasteiger partial charge in [-0.1, -0.05) is 0 Å². The van der Waals surface area contributed by atoms with E-state index in [4.69, 9.17) is 9.97 Å². The molecule has 0 radical (unpaired) electrons. The molecule has 0 aliphatic carbocycles. The van der Waals surface area contributed by atoms with Crippen molar-refractivity contribution in [3.8, 4) is 6.07 Å². The van der Waals surface area contributed by atoms with Gasteiger partial charge in [-0.2, -0.15) is 0 Å². The fourth-order valence-corrected chi connectivity index (χ4v) is 22.2. The number of rotatable bonds is 14. The first kappa shape index (κ1) is 33.1. The average molecular weight is 712 g/mol. The minimum absolute atomic E-state index is 0.695. The van der Waals surface area contributed by atoms with Gasteiger partial charge < -0.3 is 0 Å². The molecule has 0 spiro atoms. The molecule has 9 heteroatoms. The van der Waals surface area contributed by atoms with Gasteiger partial charge in [-0.25, -0.2) is 8.78 Å². The summed E-state index contributed by atoms with van der Waals surface area (Å²) in [5.74, 6) is -0.514. The van der Waals surface area contributed by atoms with Crippen LogP contribution >= 0.6 is 0 Å². The van der Waals surface area contributed by atoms with Crippen molar-refractivity contribution in [2.24, 2.45) is 0 Å². The third-order valence-corrected chi connectivity index (χ3v) is 24.6. The molecule has 1 aromatic carbocycles. The number of benzene rings is 1. The quantitative estimate of drug-likeness (QED) is 0.164. The number of unbranched alkanes of at least 4 members (excludes halogenated alkanes) is 3. The van der Waals surface area contributed by atoms with Gasteiger partial charge in [0.25, 0.3) is 0 Å². The second-order valence-corrected chi connectivity index (χ2v) is 25.9. The van der Waals surface area contributed by atoms with E-state index in [0.717, 1.165) is 96.0 Å². The molecular formula is C35H50F2N6Sn. The number of aryl methyl sites for hydroxylation is 1. The third kappa shape index (κ3) is 7.09. The van der Waals surface area contributed by atoms with E-state index in [2.05, 4.69) is 41.2 Å². The number of halogens is 2. The van der Waals surface area contributed by atoms with Gasteiger partial charge in [0.15, 0.2) is 5.82 Å². The Hall–Kier alpha value is -2.25. The van der Waals surface area contributed by atoms with E-state index >= 15 is 0 Å². The number of anilines is 1. The molecule has 0 N–H and O–H groups in total. The number of hydrogen-bond donors (Lipinski definition) is 0. The van der Waals surface area contributed by atoms with Crippen LogP contribution in [-0.2, 0) is 19.4 Å². The van der Waals surface area contributed by atoms with Gasteiger partial charge in [-0.05, 0) is 0 Å². The van der Waals surface area contributed by atoms with Gasteiger partial charge in [-0.15, -0.1) is 0 Å². The van der Waals surface area contributed by atoms with Crippen LogP contribution in [0.15, 0.2) is 18.2 Å². The first-order valence-electron chi connectivity index (χ1n) is 17.2. The molecule has 6 nitrogen and oxygen atoms in total. The van der Waals surface area contributed by atoms with Gasteiger partial charge in [0.2, 0.25) is 0 Å². The summed E-state index contributed by atoms with van der Waals surface area (Å²) in [6, 6.07) is 6.83. The van der Waals surface area contributed by atoms with Crippen LogP contribution in [0.25, 0.3) is 11.0 Å². The molecule has 0 amide bonds. The third-order valence-electron chi connectivity index (χ3n) is 10.0. The predicted octanol–water partition coefficient (Wildman–Crippen LogP) is 7.34. The Morgan fingerprint density at radius 3 is 2.16 bits per heavy atom. The summed E-state index contributed by atoms with van der Waals surface area (Å²) in [6.07, 6.45) is 11.2. The zero-order valence-electron chi connectivity index (χ0n) is 27.1. The summed E-state index contributed by atoms with van der Waals surface area (Å²) in [7, 11) is 0. The number of nitrogens with zero attached hydrogens (tertiary/aromatic N) is 6. The summed E-state index contributed by atoms with van der Waals surface area (Å²) < 4.78 is 34.6. The van der Waals surface area contributed by atoms with Crippen molar-refractivity contribution in [2.75, 3.05) is 37.6 Å². The van der Waals surface area contributed by atoms with Gasteiger partial charge in [0, 0.05) is 0 Å². The monoisotopic (exact) mass is 712 g/mol. The fourth-order valence-electron chi connectivity index (χ4n) is 7.34. The number of aromatic nitrogens is 3. The van der Waals surface area contributed by atoms with Crippen LogP contribution in [-0.4, -0.2) is 70.5 Å². The molecule has 0 unspecified atom stereocenters. The van der Waals surface area contributed by atoms with Crippen molar-refractivity contribution < 1.29 is 8.78 Å². The number of hydrogen-bond acceptors (Lipinski definition) is 5. The molecule has 0 saturated carbocycles. The minimum atomic E-state index is -2.99. The molecule has 5 rings (SSSR count). The Morgan fingerprint density at radius 1 is 0.864 bits per heavy atom. The molecule has 0 bridgehead atoms. The molecule has 3 aromatic rings. The SMILES string of the molecule is CCC[CH2][Sn]([CH2]CCC)([CH2]CCC)[c]1nc(N2CCN(CCc3ccc(F)c(F)c3)CC2)c2c(n1)c(C#N)c1n2CCCC1. The van der Waals surface area contributed by atoms with E-state index < -0.39 is 30.0 Å². The van der Waals surface area contributed by atoms with Crippen LogP contribution in [0.2, 0.25) is 13.3 Å². The maximum atomic E-state index is 13.8. The van der Waals surface area contributed by atoms with Crippen molar-refractivity contribution in [1.29, 1.82) is 5.26 Å². The molecule has 2 aromatic heterocycles. The summed E-state index contributed by atoms with van der Waals surface area (Å²) in [5, 5.41) is 10.4. The van der Waals surface area contributed by atoms with E-state index in [1.54, 1.807) is 6.07 Å². The van der Waals surface area contributed by atoms with Crippen molar-refractivity contribution in [2.45, 2.75) is 105 Å². The normalized spacial score (nSPS) is 16.0. The van der Waals surface area contributed by atoms with Crippen LogP contribution in [0.4, 0.5) is 14.6 Å².